The first kappa shape index (κ1) is 26.5. The second-order valence-corrected chi connectivity index (χ2v) is 8.22. The number of ketones is 1. The largest absolute Gasteiger partial charge is 0.507 e. The number of carbonyl (C=O) groups excluding carboxylic acids is 2. The van der Waals surface area contributed by atoms with Crippen molar-refractivity contribution in [1.82, 2.24) is 4.90 Å². The molecule has 1 aliphatic rings. The lowest BCUT2D eigenvalue weighted by atomic mass is 9.94. The lowest BCUT2D eigenvalue weighted by molar-refractivity contribution is -0.140. The molecule has 1 unspecified atom stereocenters. The number of aliphatic hydroxyl groups is 1. The first-order valence-electron chi connectivity index (χ1n) is 10.5. The van der Waals surface area contributed by atoms with Crippen LogP contribution in [0.2, 0.25) is 10.0 Å². The molecule has 1 amide bonds. The van der Waals surface area contributed by atoms with E-state index in [2.05, 4.69) is 0 Å². The first-order valence-corrected chi connectivity index (χ1v) is 11.3. The van der Waals surface area contributed by atoms with Crippen molar-refractivity contribution in [2.45, 2.75) is 13.0 Å². The molecule has 0 spiro atoms. The molecule has 2 aromatic rings. The number of amides is 1. The molecule has 188 valence electrons. The Morgan fingerprint density at radius 3 is 2.37 bits per heavy atom. The number of likely N-dealkylation sites (tertiary alicyclic amines) is 1. The first-order chi connectivity index (χ1) is 16.7. The molecule has 1 atom stereocenters. The van der Waals surface area contributed by atoms with Gasteiger partial charge in [0, 0.05) is 13.7 Å². The Labute approximate surface area is 212 Å². The van der Waals surface area contributed by atoms with Gasteiger partial charge in [-0.2, -0.15) is 0 Å². The standard InChI is InChI=1S/C24H25Cl2NO8/c1-5-35-16-10-12(6-7-15(16)28)19-17(21(30)24(31)27(19)8-9-32-2)20(29)13-11-14(25)23(34-4)18(26)22(13)33-3/h6-7,10-11,19,28-29H,5,8-9H2,1-4H3/b20-17+. The Hall–Kier alpha value is -3.14. The fourth-order valence-electron chi connectivity index (χ4n) is 3.91. The number of ether oxygens (including phenoxy) is 4. The minimum absolute atomic E-state index is 0.00171. The van der Waals surface area contributed by atoms with Crippen LogP contribution in [0.5, 0.6) is 23.0 Å². The van der Waals surface area contributed by atoms with Gasteiger partial charge in [-0.15, -0.1) is 0 Å². The number of nitrogens with zero attached hydrogens (tertiary/aromatic N) is 1. The highest BCUT2D eigenvalue weighted by Gasteiger charge is 2.46. The lowest BCUT2D eigenvalue weighted by Crippen LogP contribution is -2.32. The minimum Gasteiger partial charge on any atom is -0.507 e. The molecule has 0 saturated carbocycles. The van der Waals surface area contributed by atoms with Crippen LogP contribution in [0, 0.1) is 0 Å². The monoisotopic (exact) mass is 525 g/mol. The molecule has 3 rings (SSSR count). The molecule has 9 nitrogen and oxygen atoms in total. The summed E-state index contributed by atoms with van der Waals surface area (Å²) in [5, 5.41) is 21.6. The summed E-state index contributed by atoms with van der Waals surface area (Å²) >= 11 is 12.6. The summed E-state index contributed by atoms with van der Waals surface area (Å²) in [7, 11) is 4.16. The van der Waals surface area contributed by atoms with Gasteiger partial charge in [-0.25, -0.2) is 0 Å². The Kier molecular flexibility index (Phi) is 8.37. The Morgan fingerprint density at radius 1 is 1.09 bits per heavy atom. The summed E-state index contributed by atoms with van der Waals surface area (Å²) in [6.07, 6.45) is 0. The highest BCUT2D eigenvalue weighted by Crippen LogP contribution is 2.47. The smallest absolute Gasteiger partial charge is 0.295 e. The van der Waals surface area contributed by atoms with Crippen molar-refractivity contribution < 1.29 is 38.7 Å². The molecule has 0 aromatic heterocycles. The maximum atomic E-state index is 13.2. The zero-order valence-electron chi connectivity index (χ0n) is 19.6. The molecule has 0 bridgehead atoms. The summed E-state index contributed by atoms with van der Waals surface area (Å²) in [5.41, 5.74) is 0.212. The number of hydrogen-bond acceptors (Lipinski definition) is 8. The SMILES string of the molecule is CCOc1cc(C2/C(=C(\O)c3cc(Cl)c(OC)c(Cl)c3OC)C(=O)C(=O)N2CCOC)ccc1O. The number of halogens is 2. The van der Waals surface area contributed by atoms with Gasteiger partial charge in [-0.1, -0.05) is 29.3 Å². The minimum atomic E-state index is -1.02. The molecule has 0 radical (unpaired) electrons. The molecule has 1 saturated heterocycles. The van der Waals surface area contributed by atoms with Crippen LogP contribution in [0.4, 0.5) is 0 Å². The molecule has 2 aromatic carbocycles. The van der Waals surface area contributed by atoms with Gasteiger partial charge in [-0.05, 0) is 30.7 Å². The van der Waals surface area contributed by atoms with Gasteiger partial charge in [0.25, 0.3) is 11.7 Å². The van der Waals surface area contributed by atoms with E-state index in [1.807, 2.05) is 0 Å². The number of benzene rings is 2. The van der Waals surface area contributed by atoms with Crippen molar-refractivity contribution >= 4 is 40.7 Å². The second kappa shape index (κ2) is 11.1. The van der Waals surface area contributed by atoms with E-state index in [-0.39, 0.29) is 63.9 Å². The number of carbonyl (C=O) groups is 2. The molecular weight excluding hydrogens is 501 g/mol. The van der Waals surface area contributed by atoms with Crippen LogP contribution in [0.15, 0.2) is 29.8 Å². The van der Waals surface area contributed by atoms with Gasteiger partial charge >= 0.3 is 0 Å². The summed E-state index contributed by atoms with van der Waals surface area (Å²) in [4.78, 5) is 27.5. The average Bonchev–Trinajstić information content (AvgIpc) is 3.08. The number of aliphatic hydroxyl groups excluding tert-OH is 1. The van der Waals surface area contributed by atoms with Gasteiger partial charge in [0.2, 0.25) is 0 Å². The van der Waals surface area contributed by atoms with Gasteiger partial charge in [0.15, 0.2) is 23.0 Å². The van der Waals surface area contributed by atoms with Crippen molar-refractivity contribution in [1.29, 1.82) is 0 Å². The Bertz CT molecular complexity index is 1180. The average molecular weight is 526 g/mol. The van der Waals surface area contributed by atoms with E-state index in [4.69, 9.17) is 42.1 Å². The van der Waals surface area contributed by atoms with Gasteiger partial charge in [-0.3, -0.25) is 9.59 Å². The van der Waals surface area contributed by atoms with Crippen LogP contribution in [0.25, 0.3) is 5.76 Å². The van der Waals surface area contributed by atoms with E-state index in [1.54, 1.807) is 6.92 Å². The van der Waals surface area contributed by atoms with Crippen molar-refractivity contribution in [2.24, 2.45) is 0 Å². The molecular formula is C24H25Cl2NO8. The Morgan fingerprint density at radius 2 is 1.77 bits per heavy atom. The van der Waals surface area contributed by atoms with E-state index in [9.17, 15) is 19.8 Å². The number of Topliss-reactive ketones (excluding diaryl/α,β-unsaturated/α-hetero) is 1. The van der Waals surface area contributed by atoms with Crippen LogP contribution in [0.1, 0.15) is 24.1 Å². The summed E-state index contributed by atoms with van der Waals surface area (Å²) in [6.45, 7) is 2.24. The summed E-state index contributed by atoms with van der Waals surface area (Å²) in [6, 6.07) is 4.75. The van der Waals surface area contributed by atoms with Gasteiger partial charge in [0.05, 0.1) is 49.6 Å². The van der Waals surface area contributed by atoms with Crippen molar-refractivity contribution in [3.8, 4) is 23.0 Å². The Balaban J connectivity index is 2.30. The maximum absolute atomic E-state index is 13.2. The van der Waals surface area contributed by atoms with E-state index in [0.29, 0.717) is 5.56 Å². The zero-order chi connectivity index (χ0) is 25.9. The molecule has 1 aliphatic heterocycles. The normalized spacial score (nSPS) is 17.1. The molecule has 35 heavy (non-hydrogen) atoms. The topological polar surface area (TPSA) is 115 Å². The predicted octanol–water partition coefficient (Wildman–Crippen LogP) is 4.18. The third-order valence-electron chi connectivity index (χ3n) is 5.47. The number of methoxy groups -OCH3 is 3. The van der Waals surface area contributed by atoms with Gasteiger partial charge in [0.1, 0.15) is 10.8 Å². The van der Waals surface area contributed by atoms with Crippen molar-refractivity contribution in [3.63, 3.8) is 0 Å². The summed E-state index contributed by atoms with van der Waals surface area (Å²) in [5.74, 6) is -2.10. The zero-order valence-corrected chi connectivity index (χ0v) is 21.1. The van der Waals surface area contributed by atoms with Crippen LogP contribution >= 0.6 is 23.2 Å². The molecule has 2 N–H and O–H groups in total. The van der Waals surface area contributed by atoms with Crippen molar-refractivity contribution in [3.05, 3.63) is 51.0 Å². The number of aromatic hydroxyl groups is 1. The second-order valence-electron chi connectivity index (χ2n) is 7.43. The van der Waals surface area contributed by atoms with E-state index in [1.165, 1.54) is 50.5 Å². The third kappa shape index (κ3) is 4.84. The maximum Gasteiger partial charge on any atom is 0.295 e. The third-order valence-corrected chi connectivity index (χ3v) is 6.09. The molecule has 0 aliphatic carbocycles. The van der Waals surface area contributed by atoms with Crippen LogP contribution in [0.3, 0.4) is 0 Å². The van der Waals surface area contributed by atoms with Crippen LogP contribution in [-0.4, -0.2) is 67.9 Å². The fraction of sp³-hybridized carbons (Fsp3) is 0.333. The number of rotatable bonds is 9. The molecule has 1 heterocycles. The van der Waals surface area contributed by atoms with E-state index >= 15 is 0 Å². The van der Waals surface area contributed by atoms with Crippen LogP contribution < -0.4 is 14.2 Å². The molecule has 11 heteroatoms. The van der Waals surface area contributed by atoms with Crippen LogP contribution in [-0.2, 0) is 14.3 Å². The van der Waals surface area contributed by atoms with Crippen molar-refractivity contribution in [2.75, 3.05) is 41.1 Å². The lowest BCUT2D eigenvalue weighted by Gasteiger charge is -2.26. The summed E-state index contributed by atoms with van der Waals surface area (Å²) < 4.78 is 21.1. The quantitative estimate of drug-likeness (QED) is 0.284. The predicted molar refractivity (Wildman–Crippen MR) is 130 cm³/mol. The number of hydrogen-bond donors (Lipinski definition) is 2. The van der Waals surface area contributed by atoms with Gasteiger partial charge < -0.3 is 34.1 Å². The van der Waals surface area contributed by atoms with E-state index < -0.39 is 23.5 Å². The number of phenolic OH excluding ortho intramolecular Hbond substituents is 1. The molecule has 1 fully saturated rings. The highest BCUT2D eigenvalue weighted by molar-refractivity contribution is 6.47. The number of phenols is 1. The fourth-order valence-corrected chi connectivity index (χ4v) is 4.60. The highest BCUT2D eigenvalue weighted by atomic mass is 35.5. The van der Waals surface area contributed by atoms with E-state index in [0.717, 1.165) is 0 Å².